The molecule has 0 spiro atoms. The Hall–Kier alpha value is -1.59. The van der Waals surface area contributed by atoms with E-state index in [1.54, 1.807) is 0 Å². The topological polar surface area (TPSA) is 78.9 Å². The van der Waals surface area contributed by atoms with Crippen LogP contribution in [-0.2, 0) is 28.6 Å². The number of hydrogen-bond acceptors (Lipinski definition) is 6. The van der Waals surface area contributed by atoms with Crippen molar-refractivity contribution in [3.05, 3.63) is 0 Å². The fourth-order valence-electron chi connectivity index (χ4n) is 7.60. The molecule has 0 amide bonds. The monoisotopic (exact) mass is 807 g/mol. The molecule has 0 radical (unpaired) electrons. The summed E-state index contributed by atoms with van der Waals surface area (Å²) in [5.74, 6) is 0.779. The summed E-state index contributed by atoms with van der Waals surface area (Å²) in [5.41, 5.74) is 0. The molecule has 0 aliphatic heterocycles. The van der Waals surface area contributed by atoms with Gasteiger partial charge in [-0.3, -0.25) is 14.4 Å². The smallest absolute Gasteiger partial charge is 0.306 e. The fraction of sp³-hybridized carbons (Fsp3) is 0.941. The molecule has 57 heavy (non-hydrogen) atoms. The normalized spacial score (nSPS) is 12.5. The van der Waals surface area contributed by atoms with Crippen LogP contribution in [0.5, 0.6) is 0 Å². The van der Waals surface area contributed by atoms with E-state index in [2.05, 4.69) is 34.6 Å². The van der Waals surface area contributed by atoms with Crippen LogP contribution in [-0.4, -0.2) is 37.2 Å². The van der Waals surface area contributed by atoms with Gasteiger partial charge < -0.3 is 14.2 Å². The molecule has 0 aromatic heterocycles. The third-order valence-corrected chi connectivity index (χ3v) is 11.8. The van der Waals surface area contributed by atoms with Gasteiger partial charge in [-0.1, -0.05) is 240 Å². The molecule has 0 aromatic rings. The van der Waals surface area contributed by atoms with E-state index in [1.807, 2.05) is 0 Å². The molecule has 0 saturated heterocycles. The third kappa shape index (κ3) is 43.8. The van der Waals surface area contributed by atoms with E-state index in [1.165, 1.54) is 167 Å². The Balaban J connectivity index is 4.31. The van der Waals surface area contributed by atoms with Gasteiger partial charge in [0.05, 0.1) is 0 Å². The maximum absolute atomic E-state index is 12.8. The van der Waals surface area contributed by atoms with Crippen LogP contribution < -0.4 is 0 Å². The lowest BCUT2D eigenvalue weighted by atomic mass is 10.00. The van der Waals surface area contributed by atoms with Crippen LogP contribution in [0.4, 0.5) is 0 Å². The molecule has 0 aliphatic rings. The minimum atomic E-state index is -0.762. The van der Waals surface area contributed by atoms with Crippen molar-refractivity contribution in [1.29, 1.82) is 0 Å². The Morgan fingerprint density at radius 2 is 0.667 bits per heavy atom. The molecule has 0 N–H and O–H groups in total. The van der Waals surface area contributed by atoms with Crippen molar-refractivity contribution in [2.24, 2.45) is 11.8 Å². The lowest BCUT2D eigenvalue weighted by molar-refractivity contribution is -0.167. The minimum Gasteiger partial charge on any atom is -0.462 e. The highest BCUT2D eigenvalue weighted by Crippen LogP contribution is 2.17. The first kappa shape index (κ1) is 55.4. The summed E-state index contributed by atoms with van der Waals surface area (Å²) in [5, 5.41) is 0. The van der Waals surface area contributed by atoms with Crippen LogP contribution in [0.3, 0.4) is 0 Å². The number of hydrogen-bond donors (Lipinski definition) is 0. The number of ether oxygens (including phenoxy) is 3. The average Bonchev–Trinajstić information content (AvgIpc) is 3.19. The van der Waals surface area contributed by atoms with Crippen LogP contribution >= 0.6 is 0 Å². The predicted octanol–water partition coefficient (Wildman–Crippen LogP) is 16.1. The van der Waals surface area contributed by atoms with Gasteiger partial charge in [0.2, 0.25) is 0 Å². The molecule has 0 bridgehead atoms. The molecule has 2 atom stereocenters. The van der Waals surface area contributed by atoms with Gasteiger partial charge in [0.15, 0.2) is 6.10 Å². The second-order valence-corrected chi connectivity index (χ2v) is 18.2. The van der Waals surface area contributed by atoms with Crippen LogP contribution in [0.1, 0.15) is 279 Å². The van der Waals surface area contributed by atoms with Crippen molar-refractivity contribution in [3.63, 3.8) is 0 Å². The molecule has 0 fully saturated rings. The van der Waals surface area contributed by atoms with Gasteiger partial charge in [-0.2, -0.15) is 0 Å². The van der Waals surface area contributed by atoms with Gasteiger partial charge >= 0.3 is 17.9 Å². The molecular formula is C51H98O6. The number of carbonyl (C=O) groups excluding carboxylic acids is 3. The Morgan fingerprint density at radius 3 is 1.00 bits per heavy atom. The van der Waals surface area contributed by atoms with Crippen molar-refractivity contribution in [2.75, 3.05) is 13.2 Å². The summed E-state index contributed by atoms with van der Waals surface area (Å²) in [6.07, 6.45) is 43.8. The molecule has 0 heterocycles. The molecule has 6 nitrogen and oxygen atoms in total. The summed E-state index contributed by atoms with van der Waals surface area (Å²) in [7, 11) is 0. The Morgan fingerprint density at radius 1 is 0.368 bits per heavy atom. The van der Waals surface area contributed by atoms with Crippen molar-refractivity contribution >= 4 is 17.9 Å². The first-order valence-electron chi connectivity index (χ1n) is 25.3. The summed E-state index contributed by atoms with van der Waals surface area (Å²) in [6, 6.07) is 0. The predicted molar refractivity (Wildman–Crippen MR) is 243 cm³/mol. The largest absolute Gasteiger partial charge is 0.462 e. The van der Waals surface area contributed by atoms with Gasteiger partial charge in [-0.25, -0.2) is 0 Å². The minimum absolute atomic E-state index is 0.0649. The van der Waals surface area contributed by atoms with Crippen LogP contribution in [0.15, 0.2) is 0 Å². The zero-order valence-electron chi connectivity index (χ0n) is 39.0. The van der Waals surface area contributed by atoms with E-state index >= 15 is 0 Å². The van der Waals surface area contributed by atoms with Crippen molar-refractivity contribution < 1.29 is 28.6 Å². The van der Waals surface area contributed by atoms with Gasteiger partial charge in [0.1, 0.15) is 13.2 Å². The van der Waals surface area contributed by atoms with E-state index in [9.17, 15) is 14.4 Å². The molecule has 1 unspecified atom stereocenters. The van der Waals surface area contributed by atoms with Crippen molar-refractivity contribution in [3.8, 4) is 0 Å². The molecule has 6 heteroatoms. The lowest BCUT2D eigenvalue weighted by Crippen LogP contribution is -2.30. The van der Waals surface area contributed by atoms with Gasteiger partial charge in [-0.05, 0) is 31.1 Å². The maximum Gasteiger partial charge on any atom is 0.306 e. The molecule has 0 aliphatic carbocycles. The van der Waals surface area contributed by atoms with E-state index in [-0.39, 0.29) is 31.1 Å². The molecular weight excluding hydrogens is 709 g/mol. The maximum atomic E-state index is 12.8. The average molecular weight is 807 g/mol. The van der Waals surface area contributed by atoms with Crippen molar-refractivity contribution in [1.82, 2.24) is 0 Å². The highest BCUT2D eigenvalue weighted by molar-refractivity contribution is 5.71. The Kier molecular flexibility index (Phi) is 42.7. The number of rotatable bonds is 45. The lowest BCUT2D eigenvalue weighted by Gasteiger charge is -2.18. The standard InChI is InChI=1S/C51H98O6/c1-6-8-9-10-11-12-13-14-15-16-17-18-23-26-33-38-43-51(54)57-48(45-56-50(53)42-37-32-28-27-30-35-40-47(5)7-2)44-55-49(52)41-36-31-25-22-20-19-21-24-29-34-39-46(3)4/h46-48H,6-45H2,1-5H3/t47?,48-/m1/s1. The van der Waals surface area contributed by atoms with Gasteiger partial charge in [-0.15, -0.1) is 0 Å². The number of carbonyl (C=O) groups is 3. The summed E-state index contributed by atoms with van der Waals surface area (Å²) in [4.78, 5) is 37.9. The highest BCUT2D eigenvalue weighted by Gasteiger charge is 2.19. The van der Waals surface area contributed by atoms with Crippen LogP contribution in [0.2, 0.25) is 0 Å². The molecule has 0 saturated carbocycles. The quantitative estimate of drug-likeness (QED) is 0.0346. The second-order valence-electron chi connectivity index (χ2n) is 18.2. The second kappa shape index (κ2) is 44.0. The first-order chi connectivity index (χ1) is 27.8. The van der Waals surface area contributed by atoms with E-state index in [4.69, 9.17) is 14.2 Å². The number of esters is 3. The Bertz CT molecular complexity index is 872. The van der Waals surface area contributed by atoms with E-state index in [0.29, 0.717) is 19.3 Å². The van der Waals surface area contributed by atoms with Crippen molar-refractivity contribution in [2.45, 2.75) is 285 Å². The Labute approximate surface area is 355 Å². The van der Waals surface area contributed by atoms with Crippen LogP contribution in [0.25, 0.3) is 0 Å². The number of unbranched alkanes of at least 4 members (excludes halogenated alkanes) is 29. The summed E-state index contributed by atoms with van der Waals surface area (Å²) >= 11 is 0. The highest BCUT2D eigenvalue weighted by atomic mass is 16.6. The van der Waals surface area contributed by atoms with Gasteiger partial charge in [0, 0.05) is 19.3 Å². The summed E-state index contributed by atoms with van der Waals surface area (Å²) < 4.78 is 16.8. The SMILES string of the molecule is CCCCCCCCCCCCCCCCCCC(=O)O[C@H](COC(=O)CCCCCCCCCCCCC(C)C)COC(=O)CCCCCCCCC(C)CC. The van der Waals surface area contributed by atoms with Gasteiger partial charge in [0.25, 0.3) is 0 Å². The third-order valence-electron chi connectivity index (χ3n) is 11.8. The molecule has 0 rings (SSSR count). The van der Waals surface area contributed by atoms with E-state index in [0.717, 1.165) is 69.6 Å². The molecule has 338 valence electrons. The zero-order valence-corrected chi connectivity index (χ0v) is 39.0. The molecule has 0 aromatic carbocycles. The van der Waals surface area contributed by atoms with E-state index < -0.39 is 6.10 Å². The summed E-state index contributed by atoms with van der Waals surface area (Å²) in [6.45, 7) is 11.3. The first-order valence-corrected chi connectivity index (χ1v) is 25.3. The zero-order chi connectivity index (χ0) is 41.9. The fourth-order valence-corrected chi connectivity index (χ4v) is 7.60. The van der Waals surface area contributed by atoms with Crippen LogP contribution in [0, 0.1) is 11.8 Å².